The molecule has 0 aliphatic heterocycles. The first kappa shape index (κ1) is 14.9. The first-order chi connectivity index (χ1) is 8.72. The number of halogens is 5. The van der Waals surface area contributed by atoms with Crippen LogP contribution in [-0.4, -0.2) is 13.1 Å². The third kappa shape index (κ3) is 2.99. The summed E-state index contributed by atoms with van der Waals surface area (Å²) in [6.45, 7) is 0. The molecule has 0 heterocycles. The van der Waals surface area contributed by atoms with E-state index >= 15 is 0 Å². The summed E-state index contributed by atoms with van der Waals surface area (Å²) in [4.78, 5) is 11.3. The molecule has 0 saturated heterocycles. The van der Waals surface area contributed by atoms with Crippen molar-refractivity contribution in [1.82, 2.24) is 0 Å². The fourth-order valence-electron chi connectivity index (χ4n) is 1.42. The molecule has 0 N–H and O–H groups in total. The zero-order chi connectivity index (χ0) is 14.8. The number of alkyl halides is 5. The highest BCUT2D eigenvalue weighted by atomic mass is 19.4. The Bertz CT molecular complexity index is 545. The van der Waals surface area contributed by atoms with Crippen LogP contribution >= 0.6 is 0 Å². The molecule has 0 saturated carbocycles. The Morgan fingerprint density at radius 1 is 1.37 bits per heavy atom. The molecule has 1 aromatic rings. The highest BCUT2D eigenvalue weighted by molar-refractivity contribution is 5.92. The SMILES string of the molecule is COC(=O)c1cc(C(F)(F)F)cc(C#N)c1C(F)F. The van der Waals surface area contributed by atoms with Crippen LogP contribution in [0.3, 0.4) is 0 Å². The van der Waals surface area contributed by atoms with E-state index in [1.807, 2.05) is 0 Å². The van der Waals surface area contributed by atoms with E-state index in [1.165, 1.54) is 6.07 Å². The molecule has 0 aliphatic rings. The van der Waals surface area contributed by atoms with Crippen molar-refractivity contribution in [1.29, 1.82) is 5.26 Å². The van der Waals surface area contributed by atoms with Crippen LogP contribution in [0.25, 0.3) is 0 Å². The van der Waals surface area contributed by atoms with Crippen LogP contribution in [0.2, 0.25) is 0 Å². The second kappa shape index (κ2) is 5.22. The zero-order valence-corrected chi connectivity index (χ0v) is 9.39. The molecular weight excluding hydrogens is 273 g/mol. The number of hydrogen-bond donors (Lipinski definition) is 0. The van der Waals surface area contributed by atoms with Gasteiger partial charge in [0.2, 0.25) is 0 Å². The quantitative estimate of drug-likeness (QED) is 0.616. The van der Waals surface area contributed by atoms with Gasteiger partial charge in [-0.3, -0.25) is 0 Å². The minimum atomic E-state index is -4.87. The summed E-state index contributed by atoms with van der Waals surface area (Å²) in [5.41, 5.74) is -4.31. The van der Waals surface area contributed by atoms with Gasteiger partial charge in [0.25, 0.3) is 6.43 Å². The third-order valence-corrected chi connectivity index (χ3v) is 2.25. The van der Waals surface area contributed by atoms with Gasteiger partial charge in [-0.2, -0.15) is 18.4 Å². The molecule has 1 rings (SSSR count). The van der Waals surface area contributed by atoms with E-state index in [-0.39, 0.29) is 12.1 Å². The van der Waals surface area contributed by atoms with Crippen molar-refractivity contribution in [3.63, 3.8) is 0 Å². The fraction of sp³-hybridized carbons (Fsp3) is 0.273. The van der Waals surface area contributed by atoms with E-state index in [1.54, 1.807) is 0 Å². The van der Waals surface area contributed by atoms with E-state index in [9.17, 15) is 26.7 Å². The number of benzene rings is 1. The lowest BCUT2D eigenvalue weighted by Crippen LogP contribution is -2.13. The molecule has 0 amide bonds. The predicted molar refractivity (Wildman–Crippen MR) is 52.5 cm³/mol. The van der Waals surface area contributed by atoms with Gasteiger partial charge in [-0.1, -0.05) is 0 Å². The molecule has 102 valence electrons. The Morgan fingerprint density at radius 2 is 1.95 bits per heavy atom. The van der Waals surface area contributed by atoms with E-state index < -0.39 is 40.8 Å². The Hall–Kier alpha value is -2.17. The van der Waals surface area contributed by atoms with E-state index in [2.05, 4.69) is 4.74 Å². The summed E-state index contributed by atoms with van der Waals surface area (Å²) in [7, 11) is 0.837. The molecule has 0 bridgehead atoms. The van der Waals surface area contributed by atoms with Crippen LogP contribution in [0.4, 0.5) is 22.0 Å². The van der Waals surface area contributed by atoms with E-state index in [4.69, 9.17) is 5.26 Å². The number of carbonyl (C=O) groups excluding carboxylic acids is 1. The van der Waals surface area contributed by atoms with Gasteiger partial charge < -0.3 is 4.74 Å². The molecule has 0 radical (unpaired) electrons. The average Bonchev–Trinajstić information content (AvgIpc) is 2.34. The summed E-state index contributed by atoms with van der Waals surface area (Å²) in [6.07, 6.45) is -8.14. The first-order valence-electron chi connectivity index (χ1n) is 4.74. The van der Waals surface area contributed by atoms with Gasteiger partial charge >= 0.3 is 12.1 Å². The molecule has 0 aliphatic carbocycles. The van der Waals surface area contributed by atoms with Crippen LogP contribution in [-0.2, 0) is 10.9 Å². The monoisotopic (exact) mass is 279 g/mol. The molecule has 3 nitrogen and oxygen atoms in total. The van der Waals surface area contributed by atoms with Crippen LogP contribution in [0, 0.1) is 11.3 Å². The summed E-state index contributed by atoms with van der Waals surface area (Å²) in [5.74, 6) is -1.36. The Labute approximate surface area is 104 Å². The maximum Gasteiger partial charge on any atom is 0.416 e. The Balaban J connectivity index is 3.66. The fourth-order valence-corrected chi connectivity index (χ4v) is 1.42. The van der Waals surface area contributed by atoms with Crippen LogP contribution < -0.4 is 0 Å². The number of carbonyl (C=O) groups is 1. The van der Waals surface area contributed by atoms with Crippen LogP contribution in [0.5, 0.6) is 0 Å². The maximum absolute atomic E-state index is 12.8. The molecule has 19 heavy (non-hydrogen) atoms. The van der Waals surface area contributed by atoms with Gasteiger partial charge in [0, 0.05) is 0 Å². The Morgan fingerprint density at radius 3 is 2.32 bits per heavy atom. The molecule has 0 spiro atoms. The molecule has 0 unspecified atom stereocenters. The summed E-state index contributed by atoms with van der Waals surface area (Å²) in [5, 5.41) is 8.63. The average molecular weight is 279 g/mol. The highest BCUT2D eigenvalue weighted by Crippen LogP contribution is 2.35. The van der Waals surface area contributed by atoms with Gasteiger partial charge in [0.05, 0.1) is 35.4 Å². The highest BCUT2D eigenvalue weighted by Gasteiger charge is 2.34. The van der Waals surface area contributed by atoms with Crippen molar-refractivity contribution in [3.8, 4) is 6.07 Å². The summed E-state index contributed by atoms with van der Waals surface area (Å²) in [6, 6.07) is 1.74. The number of hydrogen-bond acceptors (Lipinski definition) is 3. The largest absolute Gasteiger partial charge is 0.465 e. The van der Waals surface area contributed by atoms with Crippen molar-refractivity contribution >= 4 is 5.97 Å². The van der Waals surface area contributed by atoms with E-state index in [0.29, 0.717) is 0 Å². The molecule has 0 fully saturated rings. The van der Waals surface area contributed by atoms with Crippen molar-refractivity contribution < 1.29 is 31.5 Å². The van der Waals surface area contributed by atoms with Gasteiger partial charge in [0.15, 0.2) is 0 Å². The molecule has 8 heteroatoms. The maximum atomic E-state index is 12.8. The van der Waals surface area contributed by atoms with Crippen molar-refractivity contribution in [2.24, 2.45) is 0 Å². The van der Waals surface area contributed by atoms with Crippen molar-refractivity contribution in [2.75, 3.05) is 7.11 Å². The smallest absolute Gasteiger partial charge is 0.416 e. The number of rotatable bonds is 2. The standard InChI is InChI=1S/C11H6F5NO2/c1-19-10(18)7-3-6(11(14,15)16)2-5(4-17)8(7)9(12)13/h2-3,9H,1H3. The second-order valence-corrected chi connectivity index (χ2v) is 3.39. The number of nitriles is 1. The lowest BCUT2D eigenvalue weighted by molar-refractivity contribution is -0.137. The first-order valence-corrected chi connectivity index (χ1v) is 4.74. The normalized spacial score (nSPS) is 11.3. The topological polar surface area (TPSA) is 50.1 Å². The minimum Gasteiger partial charge on any atom is -0.465 e. The van der Waals surface area contributed by atoms with E-state index in [0.717, 1.165) is 7.11 Å². The van der Waals surface area contributed by atoms with Gasteiger partial charge in [-0.05, 0) is 12.1 Å². The number of ether oxygens (including phenoxy) is 1. The molecule has 1 aromatic carbocycles. The van der Waals surface area contributed by atoms with Gasteiger partial charge in [0.1, 0.15) is 0 Å². The van der Waals surface area contributed by atoms with Gasteiger partial charge in [-0.15, -0.1) is 0 Å². The molecule has 0 aromatic heterocycles. The van der Waals surface area contributed by atoms with Gasteiger partial charge in [-0.25, -0.2) is 13.6 Å². The summed E-state index contributed by atoms with van der Waals surface area (Å²) < 4.78 is 67.3. The van der Waals surface area contributed by atoms with Crippen molar-refractivity contribution in [3.05, 3.63) is 34.4 Å². The van der Waals surface area contributed by atoms with Crippen molar-refractivity contribution in [2.45, 2.75) is 12.6 Å². The van der Waals surface area contributed by atoms with Crippen LogP contribution in [0.15, 0.2) is 12.1 Å². The zero-order valence-electron chi connectivity index (χ0n) is 9.39. The summed E-state index contributed by atoms with van der Waals surface area (Å²) >= 11 is 0. The lowest BCUT2D eigenvalue weighted by atomic mass is 9.98. The molecule has 0 atom stereocenters. The second-order valence-electron chi connectivity index (χ2n) is 3.39. The molecular formula is C11H6F5NO2. The minimum absolute atomic E-state index is 0.244. The number of methoxy groups -OCH3 is 1. The number of esters is 1. The number of nitrogens with zero attached hydrogens (tertiary/aromatic N) is 1. The predicted octanol–water partition coefficient (Wildman–Crippen LogP) is 3.30. The Kier molecular flexibility index (Phi) is 4.09. The third-order valence-electron chi connectivity index (χ3n) is 2.25. The van der Waals surface area contributed by atoms with Crippen LogP contribution in [0.1, 0.15) is 33.5 Å². The lowest BCUT2D eigenvalue weighted by Gasteiger charge is -2.13.